The second-order valence-electron chi connectivity index (χ2n) is 5.27. The molecule has 0 bridgehead atoms. The van der Waals surface area contributed by atoms with Gasteiger partial charge in [-0.1, -0.05) is 60.7 Å². The van der Waals surface area contributed by atoms with Crippen LogP contribution in [0.3, 0.4) is 0 Å². The molecular formula is C18H22N2O. The minimum Gasteiger partial charge on any atom is -0.348 e. The molecule has 3 nitrogen and oxygen atoms in total. The lowest BCUT2D eigenvalue weighted by Crippen LogP contribution is -2.41. The average Bonchev–Trinajstić information content (AvgIpc) is 2.54. The molecule has 2 atom stereocenters. The molecule has 0 heterocycles. The van der Waals surface area contributed by atoms with E-state index < -0.39 is 6.04 Å². The third-order valence-electron chi connectivity index (χ3n) is 3.58. The normalized spacial score (nSPS) is 13.4. The fourth-order valence-electron chi connectivity index (χ4n) is 2.24. The first-order chi connectivity index (χ1) is 10.2. The van der Waals surface area contributed by atoms with Gasteiger partial charge in [-0.2, -0.15) is 0 Å². The van der Waals surface area contributed by atoms with Crippen molar-refractivity contribution in [2.24, 2.45) is 5.73 Å². The van der Waals surface area contributed by atoms with E-state index in [9.17, 15) is 4.79 Å². The highest BCUT2D eigenvalue weighted by molar-refractivity contribution is 5.81. The van der Waals surface area contributed by atoms with Crippen molar-refractivity contribution >= 4 is 5.91 Å². The van der Waals surface area contributed by atoms with E-state index in [2.05, 4.69) is 17.4 Å². The highest BCUT2D eigenvalue weighted by Gasteiger charge is 2.16. The minimum absolute atomic E-state index is 0.0264. The summed E-state index contributed by atoms with van der Waals surface area (Å²) in [6.45, 7) is 1.97. The van der Waals surface area contributed by atoms with Gasteiger partial charge in [-0.05, 0) is 30.9 Å². The number of nitrogens with one attached hydrogen (secondary N) is 1. The zero-order valence-corrected chi connectivity index (χ0v) is 12.3. The van der Waals surface area contributed by atoms with Gasteiger partial charge >= 0.3 is 0 Å². The van der Waals surface area contributed by atoms with Gasteiger partial charge in [-0.15, -0.1) is 0 Å². The number of carbonyl (C=O) groups is 1. The van der Waals surface area contributed by atoms with Crippen LogP contribution in [-0.2, 0) is 11.2 Å². The van der Waals surface area contributed by atoms with Crippen molar-refractivity contribution in [1.82, 2.24) is 5.32 Å². The van der Waals surface area contributed by atoms with Gasteiger partial charge in [-0.25, -0.2) is 0 Å². The highest BCUT2D eigenvalue weighted by Crippen LogP contribution is 2.11. The van der Waals surface area contributed by atoms with Crippen molar-refractivity contribution in [2.75, 3.05) is 0 Å². The Morgan fingerprint density at radius 3 is 2.24 bits per heavy atom. The number of aryl methyl sites for hydroxylation is 1. The Morgan fingerprint density at radius 2 is 1.62 bits per heavy atom. The zero-order chi connectivity index (χ0) is 15.1. The fraction of sp³-hybridized carbons (Fsp3) is 0.278. The summed E-state index contributed by atoms with van der Waals surface area (Å²) in [5.74, 6) is -0.0951. The summed E-state index contributed by atoms with van der Waals surface area (Å²) in [5.41, 5.74) is 8.27. The van der Waals surface area contributed by atoms with E-state index in [1.54, 1.807) is 0 Å². The van der Waals surface area contributed by atoms with Crippen LogP contribution in [0, 0.1) is 0 Å². The van der Waals surface area contributed by atoms with E-state index in [-0.39, 0.29) is 11.9 Å². The average molecular weight is 282 g/mol. The molecule has 0 aromatic heterocycles. The number of nitrogens with two attached hydrogens (primary N) is 1. The van der Waals surface area contributed by atoms with Gasteiger partial charge in [0.15, 0.2) is 0 Å². The fourth-order valence-corrected chi connectivity index (χ4v) is 2.24. The Morgan fingerprint density at radius 1 is 1.05 bits per heavy atom. The van der Waals surface area contributed by atoms with Crippen LogP contribution in [0.15, 0.2) is 60.7 Å². The maximum absolute atomic E-state index is 12.1. The Hall–Kier alpha value is -2.13. The largest absolute Gasteiger partial charge is 0.348 e. The first-order valence-electron chi connectivity index (χ1n) is 7.31. The van der Waals surface area contributed by atoms with Gasteiger partial charge in [0.1, 0.15) is 0 Å². The predicted molar refractivity (Wildman–Crippen MR) is 85.7 cm³/mol. The SMILES string of the molecule is CC(NC(=O)C(N)CCc1ccccc1)c1ccccc1. The van der Waals surface area contributed by atoms with E-state index in [1.807, 2.05) is 55.5 Å². The second-order valence-corrected chi connectivity index (χ2v) is 5.27. The quantitative estimate of drug-likeness (QED) is 0.856. The number of carbonyl (C=O) groups excluding carboxylic acids is 1. The van der Waals surface area contributed by atoms with Crippen molar-refractivity contribution in [2.45, 2.75) is 31.8 Å². The predicted octanol–water partition coefficient (Wildman–Crippen LogP) is 2.82. The summed E-state index contributed by atoms with van der Waals surface area (Å²) in [5, 5.41) is 2.97. The zero-order valence-electron chi connectivity index (χ0n) is 12.3. The van der Waals surface area contributed by atoms with E-state index >= 15 is 0 Å². The molecule has 0 saturated heterocycles. The van der Waals surface area contributed by atoms with E-state index in [0.717, 1.165) is 12.0 Å². The lowest BCUT2D eigenvalue weighted by molar-refractivity contribution is -0.123. The number of amides is 1. The minimum atomic E-state index is -0.476. The van der Waals surface area contributed by atoms with Crippen LogP contribution in [0.1, 0.15) is 30.5 Å². The number of rotatable bonds is 6. The maximum atomic E-state index is 12.1. The third-order valence-corrected chi connectivity index (χ3v) is 3.58. The first kappa shape index (κ1) is 15.3. The van der Waals surface area contributed by atoms with Crippen molar-refractivity contribution in [3.05, 3.63) is 71.8 Å². The summed E-state index contributed by atoms with van der Waals surface area (Å²) in [7, 11) is 0. The molecular weight excluding hydrogens is 260 g/mol. The molecule has 2 rings (SSSR count). The highest BCUT2D eigenvalue weighted by atomic mass is 16.2. The van der Waals surface area contributed by atoms with Gasteiger partial charge in [0, 0.05) is 0 Å². The van der Waals surface area contributed by atoms with E-state index in [0.29, 0.717) is 6.42 Å². The van der Waals surface area contributed by atoms with E-state index in [1.165, 1.54) is 5.56 Å². The summed E-state index contributed by atoms with van der Waals surface area (Å²) in [6.07, 6.45) is 1.46. The summed E-state index contributed by atoms with van der Waals surface area (Å²) in [4.78, 5) is 12.1. The molecule has 0 spiro atoms. The lowest BCUT2D eigenvalue weighted by Gasteiger charge is -2.18. The molecule has 0 radical (unpaired) electrons. The van der Waals surface area contributed by atoms with Gasteiger partial charge < -0.3 is 11.1 Å². The molecule has 3 heteroatoms. The van der Waals surface area contributed by atoms with E-state index in [4.69, 9.17) is 5.73 Å². The number of hydrogen-bond acceptors (Lipinski definition) is 2. The molecule has 2 aromatic carbocycles. The van der Waals surface area contributed by atoms with Crippen molar-refractivity contribution < 1.29 is 4.79 Å². The van der Waals surface area contributed by atoms with Crippen molar-refractivity contribution in [1.29, 1.82) is 0 Å². The smallest absolute Gasteiger partial charge is 0.237 e. The van der Waals surface area contributed by atoms with Crippen molar-refractivity contribution in [3.8, 4) is 0 Å². The van der Waals surface area contributed by atoms with Gasteiger partial charge in [0.25, 0.3) is 0 Å². The summed E-state index contributed by atoms with van der Waals surface area (Å²) in [6, 6.07) is 19.5. The molecule has 110 valence electrons. The van der Waals surface area contributed by atoms with Crippen LogP contribution in [0.4, 0.5) is 0 Å². The van der Waals surface area contributed by atoms with Crippen LogP contribution < -0.4 is 11.1 Å². The lowest BCUT2D eigenvalue weighted by atomic mass is 10.0. The molecule has 1 amide bonds. The Labute approximate surface area is 126 Å². The molecule has 0 aliphatic carbocycles. The standard InChI is InChI=1S/C18H22N2O/c1-14(16-10-6-3-7-11-16)20-18(21)17(19)13-12-15-8-4-2-5-9-15/h2-11,14,17H,12-13,19H2,1H3,(H,20,21). The van der Waals surface area contributed by atoms with Gasteiger partial charge in [0.05, 0.1) is 12.1 Å². The number of hydrogen-bond donors (Lipinski definition) is 2. The molecule has 3 N–H and O–H groups in total. The summed E-state index contributed by atoms with van der Waals surface area (Å²) >= 11 is 0. The van der Waals surface area contributed by atoms with Crippen LogP contribution in [0.2, 0.25) is 0 Å². The van der Waals surface area contributed by atoms with Crippen LogP contribution in [-0.4, -0.2) is 11.9 Å². The van der Waals surface area contributed by atoms with Gasteiger partial charge in [0.2, 0.25) is 5.91 Å². The molecule has 0 aliphatic rings. The molecule has 2 unspecified atom stereocenters. The monoisotopic (exact) mass is 282 g/mol. The van der Waals surface area contributed by atoms with Gasteiger partial charge in [-0.3, -0.25) is 4.79 Å². The Bertz CT molecular complexity index is 554. The first-order valence-corrected chi connectivity index (χ1v) is 7.31. The van der Waals surface area contributed by atoms with Crippen LogP contribution in [0.5, 0.6) is 0 Å². The molecule has 0 fully saturated rings. The Kier molecular flexibility index (Phi) is 5.52. The molecule has 21 heavy (non-hydrogen) atoms. The molecule has 0 saturated carbocycles. The second kappa shape index (κ2) is 7.60. The molecule has 0 aliphatic heterocycles. The van der Waals surface area contributed by atoms with Crippen LogP contribution >= 0.6 is 0 Å². The maximum Gasteiger partial charge on any atom is 0.237 e. The Balaban J connectivity index is 1.82. The topological polar surface area (TPSA) is 55.1 Å². The van der Waals surface area contributed by atoms with Crippen molar-refractivity contribution in [3.63, 3.8) is 0 Å². The summed E-state index contributed by atoms with van der Waals surface area (Å²) < 4.78 is 0. The van der Waals surface area contributed by atoms with Crippen LogP contribution in [0.25, 0.3) is 0 Å². The molecule has 2 aromatic rings. The number of benzene rings is 2. The third kappa shape index (κ3) is 4.72.